The average molecular weight is 467 g/mol. The summed E-state index contributed by atoms with van der Waals surface area (Å²) in [6, 6.07) is 18.9. The summed E-state index contributed by atoms with van der Waals surface area (Å²) in [5.74, 6) is 1.35. The van der Waals surface area contributed by atoms with Crippen LogP contribution in [0.25, 0.3) is 0 Å². The first-order chi connectivity index (χ1) is 16.6. The van der Waals surface area contributed by atoms with Crippen LogP contribution in [-0.2, 0) is 24.4 Å². The van der Waals surface area contributed by atoms with Gasteiger partial charge in [0.1, 0.15) is 24.2 Å². The van der Waals surface area contributed by atoms with E-state index in [0.717, 1.165) is 23.3 Å². The molecule has 0 aliphatic carbocycles. The van der Waals surface area contributed by atoms with Crippen LogP contribution in [0.15, 0.2) is 60.7 Å². The van der Waals surface area contributed by atoms with Crippen LogP contribution in [0, 0.1) is 0 Å². The fourth-order valence-electron chi connectivity index (χ4n) is 3.67. The zero-order chi connectivity index (χ0) is 23.8. The number of nitrogens with zero attached hydrogens (tertiary/aromatic N) is 1. The molecule has 2 aromatic carbocycles. The standard InChI is InChI=1S/C26H30N2O6/c29-14-22-23(30)8-7-21(28-22)24(31)13-27-11-10-18-6-9-25-26(12-18)34-20(17-33-25)16-32-15-19-4-2-1-3-5-19/h1-9,12,20,24,27,29-31H,10-11,13-17H2/t20-,24?/m1/s1. The van der Waals surface area contributed by atoms with Gasteiger partial charge in [0.05, 0.1) is 25.5 Å². The van der Waals surface area contributed by atoms with Crippen molar-refractivity contribution in [1.29, 1.82) is 0 Å². The highest BCUT2D eigenvalue weighted by atomic mass is 16.6. The number of ether oxygens (including phenoxy) is 3. The molecule has 1 aliphatic heterocycles. The maximum atomic E-state index is 10.3. The number of hydrogen-bond acceptors (Lipinski definition) is 8. The van der Waals surface area contributed by atoms with Crippen molar-refractivity contribution >= 4 is 0 Å². The molecule has 4 rings (SSSR count). The van der Waals surface area contributed by atoms with Crippen LogP contribution in [0.4, 0.5) is 0 Å². The fraction of sp³-hybridized carbons (Fsp3) is 0.346. The third-order valence-electron chi connectivity index (χ3n) is 5.53. The third-order valence-corrected chi connectivity index (χ3v) is 5.53. The topological polar surface area (TPSA) is 113 Å². The molecule has 2 heterocycles. The second-order valence-corrected chi connectivity index (χ2v) is 8.16. The van der Waals surface area contributed by atoms with Crippen LogP contribution in [0.1, 0.15) is 28.6 Å². The van der Waals surface area contributed by atoms with E-state index in [1.54, 1.807) is 6.07 Å². The van der Waals surface area contributed by atoms with E-state index in [-0.39, 0.29) is 24.2 Å². The van der Waals surface area contributed by atoms with Crippen LogP contribution in [0.2, 0.25) is 0 Å². The average Bonchev–Trinajstić information content (AvgIpc) is 2.87. The van der Waals surface area contributed by atoms with E-state index in [4.69, 9.17) is 14.2 Å². The monoisotopic (exact) mass is 466 g/mol. The quantitative estimate of drug-likeness (QED) is 0.319. The van der Waals surface area contributed by atoms with Gasteiger partial charge in [0.15, 0.2) is 17.6 Å². The van der Waals surface area contributed by atoms with Crippen LogP contribution < -0.4 is 14.8 Å². The van der Waals surface area contributed by atoms with Crippen molar-refractivity contribution in [1.82, 2.24) is 10.3 Å². The van der Waals surface area contributed by atoms with E-state index in [1.165, 1.54) is 6.07 Å². The van der Waals surface area contributed by atoms with Gasteiger partial charge in [0.2, 0.25) is 0 Å². The molecular weight excluding hydrogens is 436 g/mol. The van der Waals surface area contributed by atoms with Gasteiger partial charge in [-0.15, -0.1) is 0 Å². The number of nitrogens with one attached hydrogen (secondary N) is 1. The van der Waals surface area contributed by atoms with Crippen LogP contribution in [0.3, 0.4) is 0 Å². The Morgan fingerprint density at radius 2 is 1.91 bits per heavy atom. The Labute approximate surface area is 198 Å². The number of aromatic hydroxyl groups is 1. The Bertz CT molecular complexity index is 1060. The summed E-state index contributed by atoms with van der Waals surface area (Å²) in [5.41, 5.74) is 2.75. The molecule has 0 saturated carbocycles. The van der Waals surface area contributed by atoms with Gasteiger partial charge >= 0.3 is 0 Å². The van der Waals surface area contributed by atoms with Crippen LogP contribution in [0.5, 0.6) is 17.2 Å². The molecule has 8 heteroatoms. The predicted molar refractivity (Wildman–Crippen MR) is 126 cm³/mol. The Hall–Kier alpha value is -3.17. The normalized spacial score (nSPS) is 15.8. The first-order valence-corrected chi connectivity index (χ1v) is 11.3. The van der Waals surface area contributed by atoms with E-state index in [9.17, 15) is 15.3 Å². The van der Waals surface area contributed by atoms with Gasteiger partial charge < -0.3 is 34.8 Å². The second kappa shape index (κ2) is 11.8. The van der Waals surface area contributed by atoms with Crippen molar-refractivity contribution in [2.24, 2.45) is 0 Å². The predicted octanol–water partition coefficient (Wildman–Crippen LogP) is 2.50. The Kier molecular flexibility index (Phi) is 8.32. The minimum absolute atomic E-state index is 0.0880. The third kappa shape index (κ3) is 6.45. The first kappa shape index (κ1) is 24.0. The minimum Gasteiger partial charge on any atom is -0.506 e. The molecular formula is C26H30N2O6. The number of aliphatic hydroxyl groups excluding tert-OH is 2. The molecule has 34 heavy (non-hydrogen) atoms. The van der Waals surface area contributed by atoms with E-state index >= 15 is 0 Å². The lowest BCUT2D eigenvalue weighted by molar-refractivity contribution is 0.00266. The summed E-state index contributed by atoms with van der Waals surface area (Å²) in [7, 11) is 0. The first-order valence-electron chi connectivity index (χ1n) is 11.3. The van der Waals surface area contributed by atoms with Crippen molar-refractivity contribution in [2.45, 2.75) is 31.8 Å². The molecule has 0 bridgehead atoms. The molecule has 1 aliphatic rings. The lowest BCUT2D eigenvalue weighted by atomic mass is 10.1. The summed E-state index contributed by atoms with van der Waals surface area (Å²) in [4.78, 5) is 4.09. The molecule has 0 saturated heterocycles. The molecule has 4 N–H and O–H groups in total. The van der Waals surface area contributed by atoms with Gasteiger partial charge in [-0.1, -0.05) is 36.4 Å². The van der Waals surface area contributed by atoms with Gasteiger partial charge in [-0.05, 0) is 48.4 Å². The summed E-state index contributed by atoms with van der Waals surface area (Å²) >= 11 is 0. The van der Waals surface area contributed by atoms with Crippen molar-refractivity contribution in [3.63, 3.8) is 0 Å². The number of pyridine rings is 1. The molecule has 0 radical (unpaired) electrons. The number of aromatic nitrogens is 1. The highest BCUT2D eigenvalue weighted by Crippen LogP contribution is 2.33. The number of hydrogen-bond donors (Lipinski definition) is 4. The summed E-state index contributed by atoms with van der Waals surface area (Å²) in [5, 5.41) is 32.3. The van der Waals surface area contributed by atoms with E-state index in [0.29, 0.717) is 44.4 Å². The Morgan fingerprint density at radius 1 is 1.06 bits per heavy atom. The lowest BCUT2D eigenvalue weighted by Gasteiger charge is -2.27. The van der Waals surface area contributed by atoms with Crippen molar-refractivity contribution in [3.8, 4) is 17.2 Å². The molecule has 1 aromatic heterocycles. The molecule has 3 aromatic rings. The van der Waals surface area contributed by atoms with Crippen molar-refractivity contribution < 1.29 is 29.5 Å². The highest BCUT2D eigenvalue weighted by Gasteiger charge is 2.21. The van der Waals surface area contributed by atoms with E-state index in [1.807, 2.05) is 48.5 Å². The second-order valence-electron chi connectivity index (χ2n) is 8.16. The Morgan fingerprint density at radius 3 is 2.74 bits per heavy atom. The Balaban J connectivity index is 1.22. The number of rotatable bonds is 11. The van der Waals surface area contributed by atoms with Gasteiger partial charge in [0, 0.05) is 6.54 Å². The van der Waals surface area contributed by atoms with Gasteiger partial charge in [-0.3, -0.25) is 0 Å². The van der Waals surface area contributed by atoms with Crippen LogP contribution >= 0.6 is 0 Å². The number of benzene rings is 2. The summed E-state index contributed by atoms with van der Waals surface area (Å²) in [6.07, 6.45) is -0.271. The molecule has 8 nitrogen and oxygen atoms in total. The SMILES string of the molecule is OCc1nc(C(O)CNCCc2ccc3c(c2)O[C@H](COCc2ccccc2)CO3)ccc1O. The molecule has 180 valence electrons. The van der Waals surface area contributed by atoms with Gasteiger partial charge in [-0.25, -0.2) is 4.98 Å². The molecule has 0 fully saturated rings. The molecule has 2 atom stereocenters. The maximum Gasteiger partial charge on any atom is 0.162 e. The summed E-state index contributed by atoms with van der Waals surface area (Å²) < 4.78 is 17.7. The minimum atomic E-state index is -0.845. The van der Waals surface area contributed by atoms with E-state index in [2.05, 4.69) is 10.3 Å². The van der Waals surface area contributed by atoms with Gasteiger partial charge in [-0.2, -0.15) is 0 Å². The smallest absolute Gasteiger partial charge is 0.162 e. The van der Waals surface area contributed by atoms with Gasteiger partial charge in [0.25, 0.3) is 0 Å². The maximum absolute atomic E-state index is 10.3. The molecule has 0 amide bonds. The fourth-order valence-corrected chi connectivity index (χ4v) is 3.67. The molecule has 0 spiro atoms. The summed E-state index contributed by atoms with van der Waals surface area (Å²) in [6.45, 7) is 1.99. The largest absolute Gasteiger partial charge is 0.506 e. The number of aliphatic hydroxyl groups is 2. The van der Waals surface area contributed by atoms with Crippen molar-refractivity contribution in [3.05, 3.63) is 83.2 Å². The van der Waals surface area contributed by atoms with Crippen molar-refractivity contribution in [2.75, 3.05) is 26.3 Å². The van der Waals surface area contributed by atoms with E-state index < -0.39 is 6.10 Å². The highest BCUT2D eigenvalue weighted by molar-refractivity contribution is 5.44. The molecule has 1 unspecified atom stereocenters. The van der Waals surface area contributed by atoms with Crippen LogP contribution in [-0.4, -0.2) is 52.7 Å². The zero-order valence-corrected chi connectivity index (χ0v) is 18.9. The lowest BCUT2D eigenvalue weighted by Crippen LogP contribution is -2.33. The number of fused-ring (bicyclic) bond motifs is 1. The zero-order valence-electron chi connectivity index (χ0n) is 18.9.